The molecule has 0 bridgehead atoms. The van der Waals surface area contributed by atoms with Crippen molar-refractivity contribution in [1.29, 1.82) is 0 Å². The van der Waals surface area contributed by atoms with Crippen molar-refractivity contribution >= 4 is 21.8 Å². The van der Waals surface area contributed by atoms with Gasteiger partial charge in [0.25, 0.3) is 0 Å². The fourth-order valence-corrected chi connectivity index (χ4v) is 3.88. The molecule has 1 unspecified atom stereocenters. The van der Waals surface area contributed by atoms with Crippen LogP contribution in [0.1, 0.15) is 24.5 Å². The number of benzene rings is 2. The van der Waals surface area contributed by atoms with E-state index in [-0.39, 0.29) is 5.91 Å². The Kier molecular flexibility index (Phi) is 6.65. The van der Waals surface area contributed by atoms with Gasteiger partial charge in [0, 0.05) is 17.6 Å². The van der Waals surface area contributed by atoms with Crippen LogP contribution >= 0.6 is 15.9 Å². The van der Waals surface area contributed by atoms with Crippen LogP contribution in [-0.2, 0) is 17.9 Å². The molecule has 1 amide bonds. The van der Waals surface area contributed by atoms with Crippen LogP contribution in [0.25, 0.3) is 0 Å². The minimum Gasteiger partial charge on any atom is -0.334 e. The number of carbonyl (C=O) groups excluding carboxylic acids is 1. The van der Waals surface area contributed by atoms with Gasteiger partial charge in [-0.15, -0.1) is 0 Å². The average Bonchev–Trinajstić information content (AvgIpc) is 2.79. The fourth-order valence-electron chi connectivity index (χ4n) is 3.26. The molecular weight excluding hydrogens is 412 g/mol. The van der Waals surface area contributed by atoms with E-state index in [2.05, 4.69) is 15.9 Å². The molecule has 0 aromatic heterocycles. The predicted octanol–water partition coefficient (Wildman–Crippen LogP) is 5.10. The third-order valence-electron chi connectivity index (χ3n) is 4.54. The molecule has 28 heavy (non-hydrogen) atoms. The Morgan fingerprint density at radius 3 is 2.00 bits per heavy atom. The molecule has 0 spiro atoms. The summed E-state index contributed by atoms with van der Waals surface area (Å²) < 4.78 is 0.918. The van der Waals surface area contributed by atoms with Crippen molar-refractivity contribution in [2.75, 3.05) is 0 Å². The summed E-state index contributed by atoms with van der Waals surface area (Å²) in [7, 11) is 0. The van der Waals surface area contributed by atoms with Crippen molar-refractivity contribution in [1.82, 2.24) is 4.90 Å². The molecule has 0 fully saturated rings. The molecule has 0 aliphatic heterocycles. The third kappa shape index (κ3) is 6.04. The van der Waals surface area contributed by atoms with Crippen molar-refractivity contribution in [2.24, 2.45) is 5.73 Å². The van der Waals surface area contributed by atoms with Crippen molar-refractivity contribution in [3.05, 3.63) is 106 Å². The summed E-state index contributed by atoms with van der Waals surface area (Å²) in [5, 5.41) is 0. The third-order valence-corrected chi connectivity index (χ3v) is 5.04. The number of allylic oxidation sites excluding steroid dienone is 3. The molecule has 144 valence electrons. The van der Waals surface area contributed by atoms with Crippen LogP contribution in [0.2, 0.25) is 0 Å². The zero-order chi connectivity index (χ0) is 20.0. The van der Waals surface area contributed by atoms with Gasteiger partial charge in [0.2, 0.25) is 5.91 Å². The number of halogens is 1. The number of rotatable bonds is 6. The van der Waals surface area contributed by atoms with Gasteiger partial charge in [0.1, 0.15) is 0 Å². The van der Waals surface area contributed by atoms with Crippen LogP contribution in [0, 0.1) is 0 Å². The fraction of sp³-hybridized carbons (Fsp3) is 0.208. The van der Waals surface area contributed by atoms with E-state index in [1.54, 1.807) is 0 Å². The highest BCUT2D eigenvalue weighted by Crippen LogP contribution is 2.23. The topological polar surface area (TPSA) is 46.3 Å². The molecule has 2 aromatic rings. The van der Waals surface area contributed by atoms with Gasteiger partial charge < -0.3 is 10.6 Å². The average molecular weight is 437 g/mol. The van der Waals surface area contributed by atoms with Gasteiger partial charge in [-0.1, -0.05) is 88.7 Å². The molecule has 3 nitrogen and oxygen atoms in total. The quantitative estimate of drug-likeness (QED) is 0.684. The Morgan fingerprint density at radius 2 is 1.46 bits per heavy atom. The van der Waals surface area contributed by atoms with Crippen molar-refractivity contribution in [2.45, 2.75) is 32.0 Å². The normalized spacial score (nSPS) is 18.8. The van der Waals surface area contributed by atoms with Crippen LogP contribution < -0.4 is 5.73 Å². The van der Waals surface area contributed by atoms with E-state index in [1.165, 1.54) is 0 Å². The number of amides is 1. The van der Waals surface area contributed by atoms with Crippen molar-refractivity contribution < 1.29 is 4.79 Å². The summed E-state index contributed by atoms with van der Waals surface area (Å²) in [5.41, 5.74) is 8.87. The zero-order valence-corrected chi connectivity index (χ0v) is 17.6. The van der Waals surface area contributed by atoms with Gasteiger partial charge in [0.15, 0.2) is 0 Å². The van der Waals surface area contributed by atoms with Gasteiger partial charge in [-0.05, 0) is 35.8 Å². The maximum Gasteiger partial charge on any atom is 0.227 e. The second-order valence-corrected chi connectivity index (χ2v) is 8.26. The Labute approximate surface area is 175 Å². The first-order chi connectivity index (χ1) is 13.4. The van der Waals surface area contributed by atoms with Crippen LogP contribution in [-0.4, -0.2) is 16.3 Å². The molecule has 2 N–H and O–H groups in total. The Bertz CT molecular complexity index is 857. The number of nitrogens with two attached hydrogens (primary N) is 1. The smallest absolute Gasteiger partial charge is 0.227 e. The standard InChI is InChI=1S/C24H25BrN2O/c1-24(26)15-21(12-13-22(25)16-24)14-23(28)27(17-19-8-4-2-5-9-19)18-20-10-6-3-7-11-20/h2-13,15-16H,14,17-18,26H2,1H3. The number of hydrogen-bond donors (Lipinski definition) is 1. The lowest BCUT2D eigenvalue weighted by Gasteiger charge is -2.24. The Hall–Kier alpha value is -2.43. The number of carbonyl (C=O) groups is 1. The van der Waals surface area contributed by atoms with Gasteiger partial charge in [-0.25, -0.2) is 0 Å². The summed E-state index contributed by atoms with van der Waals surface area (Å²) in [6.07, 6.45) is 8.11. The number of nitrogens with zero attached hydrogens (tertiary/aromatic N) is 1. The maximum atomic E-state index is 13.2. The van der Waals surface area contributed by atoms with E-state index < -0.39 is 5.54 Å². The van der Waals surface area contributed by atoms with Crippen LogP contribution in [0.3, 0.4) is 0 Å². The monoisotopic (exact) mass is 436 g/mol. The van der Waals surface area contributed by atoms with Crippen molar-refractivity contribution in [3.8, 4) is 0 Å². The Balaban J connectivity index is 1.80. The molecule has 0 saturated carbocycles. The van der Waals surface area contributed by atoms with Crippen LogP contribution in [0.5, 0.6) is 0 Å². The summed E-state index contributed by atoms with van der Waals surface area (Å²) >= 11 is 3.49. The minimum atomic E-state index is -0.596. The first-order valence-corrected chi connectivity index (χ1v) is 10.1. The first-order valence-electron chi connectivity index (χ1n) is 9.34. The van der Waals surface area contributed by atoms with Crippen LogP contribution in [0.15, 0.2) is 95.0 Å². The zero-order valence-electron chi connectivity index (χ0n) is 16.0. The van der Waals surface area contributed by atoms with Crippen molar-refractivity contribution in [3.63, 3.8) is 0 Å². The molecule has 3 rings (SSSR count). The first kappa shape index (κ1) is 20.3. The second-order valence-electron chi connectivity index (χ2n) is 7.35. The molecule has 1 atom stereocenters. The van der Waals surface area contributed by atoms with E-state index >= 15 is 0 Å². The van der Waals surface area contributed by atoms with Gasteiger partial charge in [0.05, 0.1) is 12.0 Å². The summed E-state index contributed by atoms with van der Waals surface area (Å²) in [6.45, 7) is 3.08. The highest BCUT2D eigenvalue weighted by Gasteiger charge is 2.20. The predicted molar refractivity (Wildman–Crippen MR) is 119 cm³/mol. The molecule has 1 aliphatic carbocycles. The SMILES string of the molecule is CC1(N)C=C(Br)C=CC(CC(=O)N(Cc2ccccc2)Cc2ccccc2)=C1. The molecule has 2 aromatic carbocycles. The number of hydrogen-bond acceptors (Lipinski definition) is 2. The largest absolute Gasteiger partial charge is 0.334 e. The lowest BCUT2D eigenvalue weighted by molar-refractivity contribution is -0.131. The van der Waals surface area contributed by atoms with Gasteiger partial charge >= 0.3 is 0 Å². The van der Waals surface area contributed by atoms with E-state index in [1.807, 2.05) is 96.8 Å². The van der Waals surface area contributed by atoms with E-state index in [4.69, 9.17) is 5.73 Å². The summed E-state index contributed by atoms with van der Waals surface area (Å²) in [6, 6.07) is 20.2. The Morgan fingerprint density at radius 1 is 0.929 bits per heavy atom. The van der Waals surface area contributed by atoms with Gasteiger partial charge in [-0.3, -0.25) is 4.79 Å². The molecule has 0 radical (unpaired) electrons. The van der Waals surface area contributed by atoms with E-state index in [0.29, 0.717) is 19.5 Å². The molecule has 0 heterocycles. The van der Waals surface area contributed by atoms with E-state index in [9.17, 15) is 4.79 Å². The maximum absolute atomic E-state index is 13.2. The highest BCUT2D eigenvalue weighted by molar-refractivity contribution is 9.11. The lowest BCUT2D eigenvalue weighted by atomic mass is 9.99. The molecule has 1 aliphatic rings. The summed E-state index contributed by atoms with van der Waals surface area (Å²) in [5.74, 6) is 0.0810. The molecule has 4 heteroatoms. The minimum absolute atomic E-state index is 0.0810. The highest BCUT2D eigenvalue weighted by atomic mass is 79.9. The van der Waals surface area contributed by atoms with Crippen LogP contribution in [0.4, 0.5) is 0 Å². The molecular formula is C24H25BrN2O. The lowest BCUT2D eigenvalue weighted by Crippen LogP contribution is -2.32. The van der Waals surface area contributed by atoms with E-state index in [0.717, 1.165) is 21.2 Å². The summed E-state index contributed by atoms with van der Waals surface area (Å²) in [4.78, 5) is 15.1. The van der Waals surface area contributed by atoms with Gasteiger partial charge in [-0.2, -0.15) is 0 Å². The second kappa shape index (κ2) is 9.18. The molecule has 0 saturated heterocycles.